The molecule has 18 heavy (non-hydrogen) atoms. The molecule has 0 spiro atoms. The van der Waals surface area contributed by atoms with Crippen LogP contribution in [0.5, 0.6) is 0 Å². The van der Waals surface area contributed by atoms with Gasteiger partial charge in [0.2, 0.25) is 5.91 Å². The lowest BCUT2D eigenvalue weighted by molar-refractivity contribution is -0.128. The van der Waals surface area contributed by atoms with Crippen molar-refractivity contribution in [3.05, 3.63) is 35.9 Å². The predicted octanol–water partition coefficient (Wildman–Crippen LogP) is 2.36. The minimum atomic E-state index is -0.549. The molecule has 0 unspecified atom stereocenters. The number of ether oxygens (including phenoxy) is 1. The molecule has 96 valence electrons. The van der Waals surface area contributed by atoms with E-state index in [1.165, 1.54) is 4.90 Å². The van der Waals surface area contributed by atoms with Crippen LogP contribution in [0, 0.1) is 0 Å². The number of nitrogens with zero attached hydrogens (tertiary/aromatic N) is 1. The summed E-state index contributed by atoms with van der Waals surface area (Å²) in [5, 5.41) is 0. The average molecular weight is 312 g/mol. The summed E-state index contributed by atoms with van der Waals surface area (Å²) in [6.45, 7) is 1.96. The molecule has 1 saturated heterocycles. The van der Waals surface area contributed by atoms with Gasteiger partial charge in [-0.25, -0.2) is 9.69 Å². The summed E-state index contributed by atoms with van der Waals surface area (Å²) in [5.41, 5.74) is 1.08. The molecule has 0 radical (unpaired) electrons. The molecule has 0 aromatic heterocycles. The Morgan fingerprint density at radius 2 is 2.17 bits per heavy atom. The first-order valence-electron chi connectivity index (χ1n) is 5.77. The second-order valence-corrected chi connectivity index (χ2v) is 5.62. The molecule has 1 aromatic carbocycles. The fourth-order valence-corrected chi connectivity index (χ4v) is 2.18. The zero-order chi connectivity index (χ0) is 13.1. The maximum absolute atomic E-state index is 11.9. The van der Waals surface area contributed by atoms with Gasteiger partial charge < -0.3 is 4.74 Å². The fourth-order valence-electron chi connectivity index (χ4n) is 1.96. The maximum Gasteiger partial charge on any atom is 0.417 e. The molecule has 2 rings (SSSR count). The van der Waals surface area contributed by atoms with Crippen molar-refractivity contribution < 1.29 is 14.3 Å². The number of carbonyl (C=O) groups is 2. The lowest BCUT2D eigenvalue weighted by Gasteiger charge is -2.20. The number of rotatable bonds is 3. The monoisotopic (exact) mass is 311 g/mol. The van der Waals surface area contributed by atoms with E-state index in [9.17, 15) is 9.59 Å². The van der Waals surface area contributed by atoms with Gasteiger partial charge in [-0.15, -0.1) is 0 Å². The molecule has 0 N–H and O–H groups in total. The third kappa shape index (κ3) is 2.72. The van der Waals surface area contributed by atoms with Crippen LogP contribution in [0.25, 0.3) is 0 Å². The van der Waals surface area contributed by atoms with E-state index in [-0.39, 0.29) is 23.4 Å². The minimum absolute atomic E-state index is 0.215. The second-order valence-electron chi connectivity index (χ2n) is 4.24. The Labute approximate surface area is 114 Å². The van der Waals surface area contributed by atoms with Crippen molar-refractivity contribution in [3.63, 3.8) is 0 Å². The summed E-state index contributed by atoms with van der Waals surface area (Å²) in [5.74, 6) is -0.251. The quantitative estimate of drug-likeness (QED) is 0.805. The van der Waals surface area contributed by atoms with Gasteiger partial charge in [0, 0.05) is 0 Å². The largest absolute Gasteiger partial charge is 0.447 e. The summed E-state index contributed by atoms with van der Waals surface area (Å²) in [6, 6.07) is 9.54. The number of alkyl halides is 1. The average Bonchev–Trinajstić information content (AvgIpc) is 2.71. The van der Waals surface area contributed by atoms with Crippen molar-refractivity contribution in [2.45, 2.75) is 24.2 Å². The summed E-state index contributed by atoms with van der Waals surface area (Å²) in [6.07, 6.45) is 0.0742. The molecule has 1 aliphatic rings. The van der Waals surface area contributed by atoms with Crippen molar-refractivity contribution in [1.82, 2.24) is 4.90 Å². The molecule has 4 nitrogen and oxygen atoms in total. The number of imide groups is 1. The number of halogens is 1. The number of carbonyl (C=O) groups excluding carboxylic acids is 2. The number of benzene rings is 1. The highest BCUT2D eigenvalue weighted by atomic mass is 79.9. The molecule has 1 aliphatic heterocycles. The van der Waals surface area contributed by atoms with E-state index in [0.29, 0.717) is 6.42 Å². The predicted molar refractivity (Wildman–Crippen MR) is 70.5 cm³/mol. The van der Waals surface area contributed by atoms with Crippen molar-refractivity contribution in [2.24, 2.45) is 0 Å². The summed E-state index contributed by atoms with van der Waals surface area (Å²) in [4.78, 5) is 24.3. The third-order valence-corrected chi connectivity index (χ3v) is 3.24. The van der Waals surface area contributed by atoms with E-state index in [0.717, 1.165) is 5.56 Å². The van der Waals surface area contributed by atoms with Crippen molar-refractivity contribution in [1.29, 1.82) is 0 Å². The smallest absolute Gasteiger partial charge is 0.417 e. The summed E-state index contributed by atoms with van der Waals surface area (Å²) >= 11 is 3.19. The van der Waals surface area contributed by atoms with Crippen LogP contribution in [0.15, 0.2) is 30.3 Å². The van der Waals surface area contributed by atoms with Gasteiger partial charge in [-0.1, -0.05) is 46.3 Å². The third-order valence-electron chi connectivity index (χ3n) is 2.85. The maximum atomic E-state index is 11.9. The number of amides is 2. The highest BCUT2D eigenvalue weighted by molar-refractivity contribution is 9.10. The number of hydrogen-bond acceptors (Lipinski definition) is 3. The van der Waals surface area contributed by atoms with Crippen LogP contribution < -0.4 is 0 Å². The minimum Gasteiger partial charge on any atom is -0.447 e. The van der Waals surface area contributed by atoms with Crippen molar-refractivity contribution in [3.8, 4) is 0 Å². The molecule has 0 saturated carbocycles. The van der Waals surface area contributed by atoms with Gasteiger partial charge >= 0.3 is 6.09 Å². The lowest BCUT2D eigenvalue weighted by Crippen LogP contribution is -2.43. The Kier molecular flexibility index (Phi) is 4.01. The molecule has 2 atom stereocenters. The molecular formula is C13H14BrNO3. The van der Waals surface area contributed by atoms with Crippen LogP contribution in [0.3, 0.4) is 0 Å². The first-order valence-corrected chi connectivity index (χ1v) is 6.69. The van der Waals surface area contributed by atoms with Crippen LogP contribution >= 0.6 is 15.9 Å². The van der Waals surface area contributed by atoms with Crippen LogP contribution in [-0.4, -0.2) is 34.4 Å². The zero-order valence-electron chi connectivity index (χ0n) is 10.0. The van der Waals surface area contributed by atoms with Gasteiger partial charge in [-0.3, -0.25) is 4.79 Å². The molecular weight excluding hydrogens is 298 g/mol. The lowest BCUT2D eigenvalue weighted by atomic mass is 10.1. The standard InChI is InChI=1S/C13H14BrNO3/c1-9(14)12(16)15-11(8-18-13(15)17)7-10-5-3-2-4-6-10/h2-6,9,11H,7-8H2,1H3/t9-,11+/m1/s1. The van der Waals surface area contributed by atoms with Crippen molar-refractivity contribution >= 4 is 27.9 Å². The Balaban J connectivity index is 2.12. The van der Waals surface area contributed by atoms with E-state index >= 15 is 0 Å². The van der Waals surface area contributed by atoms with Crippen LogP contribution in [0.2, 0.25) is 0 Å². The Morgan fingerprint density at radius 3 is 2.78 bits per heavy atom. The second kappa shape index (κ2) is 5.52. The first-order chi connectivity index (χ1) is 8.59. The highest BCUT2D eigenvalue weighted by Gasteiger charge is 2.38. The van der Waals surface area contributed by atoms with Gasteiger partial charge in [-0.05, 0) is 18.9 Å². The van der Waals surface area contributed by atoms with E-state index in [1.54, 1.807) is 6.92 Å². The first kappa shape index (κ1) is 13.1. The Morgan fingerprint density at radius 1 is 1.50 bits per heavy atom. The van der Waals surface area contributed by atoms with Gasteiger partial charge in [0.1, 0.15) is 6.61 Å². The number of cyclic esters (lactones) is 1. The summed E-state index contributed by atoms with van der Waals surface area (Å²) in [7, 11) is 0. The number of hydrogen-bond donors (Lipinski definition) is 0. The van der Waals surface area contributed by atoms with Gasteiger partial charge in [0.05, 0.1) is 10.9 Å². The molecule has 0 aliphatic carbocycles. The Bertz CT molecular complexity index is 447. The van der Waals surface area contributed by atoms with Gasteiger partial charge in [-0.2, -0.15) is 0 Å². The normalized spacial score (nSPS) is 20.7. The highest BCUT2D eigenvalue weighted by Crippen LogP contribution is 2.19. The van der Waals surface area contributed by atoms with Crippen LogP contribution in [-0.2, 0) is 16.0 Å². The van der Waals surface area contributed by atoms with E-state index in [2.05, 4.69) is 15.9 Å². The van der Waals surface area contributed by atoms with Crippen LogP contribution in [0.1, 0.15) is 12.5 Å². The molecule has 5 heteroatoms. The zero-order valence-corrected chi connectivity index (χ0v) is 11.6. The van der Waals surface area contributed by atoms with E-state index in [1.807, 2.05) is 30.3 Å². The molecule has 1 heterocycles. The molecule has 2 amide bonds. The van der Waals surface area contributed by atoms with Gasteiger partial charge in [0.25, 0.3) is 0 Å². The van der Waals surface area contributed by atoms with E-state index in [4.69, 9.17) is 4.74 Å². The van der Waals surface area contributed by atoms with Crippen LogP contribution in [0.4, 0.5) is 4.79 Å². The van der Waals surface area contributed by atoms with Gasteiger partial charge in [0.15, 0.2) is 0 Å². The fraction of sp³-hybridized carbons (Fsp3) is 0.385. The topological polar surface area (TPSA) is 46.6 Å². The molecule has 1 fully saturated rings. The Hall–Kier alpha value is -1.36. The molecule has 1 aromatic rings. The van der Waals surface area contributed by atoms with E-state index < -0.39 is 6.09 Å². The molecule has 0 bridgehead atoms. The van der Waals surface area contributed by atoms with Crippen molar-refractivity contribution in [2.75, 3.05) is 6.61 Å². The SMILES string of the molecule is C[C@@H](Br)C(=O)N1C(=O)OC[C@@H]1Cc1ccccc1. The summed E-state index contributed by atoms with van der Waals surface area (Å²) < 4.78 is 4.97.